The standard InChI is InChI=1S/C14H12O5/c1-3-19-14(17)13(16)11-7-4-10(5-8-11)6-9-12(15)18-2/h4-5,7-8H,3H2,1-2H3. The first-order valence-electron chi connectivity index (χ1n) is 5.50. The Hall–Kier alpha value is -2.61. The van der Waals surface area contributed by atoms with E-state index in [1.807, 2.05) is 0 Å². The summed E-state index contributed by atoms with van der Waals surface area (Å²) >= 11 is 0. The van der Waals surface area contributed by atoms with E-state index in [-0.39, 0.29) is 12.2 Å². The van der Waals surface area contributed by atoms with Crippen LogP contribution in [0.25, 0.3) is 0 Å². The molecule has 0 spiro atoms. The molecule has 0 bridgehead atoms. The van der Waals surface area contributed by atoms with Gasteiger partial charge in [-0.25, -0.2) is 9.59 Å². The molecule has 5 nitrogen and oxygen atoms in total. The van der Waals surface area contributed by atoms with Gasteiger partial charge in [-0.15, -0.1) is 0 Å². The number of esters is 2. The van der Waals surface area contributed by atoms with Crippen LogP contribution in [-0.2, 0) is 19.1 Å². The highest BCUT2D eigenvalue weighted by Crippen LogP contribution is 2.05. The molecule has 0 atom stereocenters. The monoisotopic (exact) mass is 260 g/mol. The lowest BCUT2D eigenvalue weighted by Gasteiger charge is -2.00. The highest BCUT2D eigenvalue weighted by Gasteiger charge is 2.16. The van der Waals surface area contributed by atoms with Crippen LogP contribution in [0.5, 0.6) is 0 Å². The zero-order valence-corrected chi connectivity index (χ0v) is 10.6. The SMILES string of the molecule is CCOC(=O)C(=O)c1ccc(C#CC(=O)OC)cc1. The van der Waals surface area contributed by atoms with E-state index in [1.165, 1.54) is 31.4 Å². The molecule has 0 amide bonds. The molecule has 0 aliphatic heterocycles. The average molecular weight is 260 g/mol. The van der Waals surface area contributed by atoms with Crippen LogP contribution in [0.15, 0.2) is 24.3 Å². The molecule has 0 aromatic heterocycles. The van der Waals surface area contributed by atoms with Crippen LogP contribution < -0.4 is 0 Å². The highest BCUT2D eigenvalue weighted by atomic mass is 16.5. The molecule has 5 heteroatoms. The van der Waals surface area contributed by atoms with Gasteiger partial charge >= 0.3 is 11.9 Å². The van der Waals surface area contributed by atoms with Gasteiger partial charge in [-0.1, -0.05) is 5.92 Å². The number of hydrogen-bond acceptors (Lipinski definition) is 5. The van der Waals surface area contributed by atoms with Crippen molar-refractivity contribution in [2.45, 2.75) is 6.92 Å². The van der Waals surface area contributed by atoms with Crippen molar-refractivity contribution in [3.8, 4) is 11.8 Å². The summed E-state index contributed by atoms with van der Waals surface area (Å²) in [5.74, 6) is 2.56. The normalized spacial score (nSPS) is 8.95. The number of carbonyl (C=O) groups is 3. The Morgan fingerprint density at radius 1 is 1.16 bits per heavy atom. The van der Waals surface area contributed by atoms with E-state index in [0.29, 0.717) is 5.56 Å². The third-order valence-electron chi connectivity index (χ3n) is 2.10. The summed E-state index contributed by atoms with van der Waals surface area (Å²) in [6.07, 6.45) is 0. The van der Waals surface area contributed by atoms with Gasteiger partial charge in [0, 0.05) is 17.0 Å². The number of ether oxygens (including phenoxy) is 2. The molecule has 0 saturated carbocycles. The number of Topliss-reactive ketones (excluding diaryl/α,β-unsaturated/α-hetero) is 1. The van der Waals surface area contributed by atoms with Crippen LogP contribution in [0.1, 0.15) is 22.8 Å². The molecule has 1 rings (SSSR count). The first kappa shape index (κ1) is 14.5. The van der Waals surface area contributed by atoms with Gasteiger partial charge in [0.1, 0.15) is 0 Å². The summed E-state index contributed by atoms with van der Waals surface area (Å²) in [5, 5.41) is 0. The van der Waals surface area contributed by atoms with Crippen LogP contribution in [-0.4, -0.2) is 31.4 Å². The lowest BCUT2D eigenvalue weighted by molar-refractivity contribution is -0.137. The summed E-state index contributed by atoms with van der Waals surface area (Å²) < 4.78 is 8.97. The third kappa shape index (κ3) is 4.28. The lowest BCUT2D eigenvalue weighted by Crippen LogP contribution is -2.17. The molecular weight excluding hydrogens is 248 g/mol. The Morgan fingerprint density at radius 3 is 2.32 bits per heavy atom. The summed E-state index contributed by atoms with van der Waals surface area (Å²) in [7, 11) is 1.23. The van der Waals surface area contributed by atoms with Crippen LogP contribution in [0, 0.1) is 11.8 Å². The maximum Gasteiger partial charge on any atom is 0.384 e. The van der Waals surface area contributed by atoms with Crippen LogP contribution >= 0.6 is 0 Å². The number of methoxy groups -OCH3 is 1. The van der Waals surface area contributed by atoms with Crippen molar-refractivity contribution >= 4 is 17.7 Å². The summed E-state index contributed by atoms with van der Waals surface area (Å²) in [6, 6.07) is 5.95. The Balaban J connectivity index is 2.81. The Morgan fingerprint density at radius 2 is 1.79 bits per heavy atom. The van der Waals surface area contributed by atoms with Gasteiger partial charge in [0.05, 0.1) is 13.7 Å². The van der Waals surface area contributed by atoms with Gasteiger partial charge in [-0.3, -0.25) is 4.79 Å². The minimum Gasteiger partial charge on any atom is -0.460 e. The topological polar surface area (TPSA) is 69.7 Å². The Bertz CT molecular complexity index is 545. The average Bonchev–Trinajstić information content (AvgIpc) is 2.44. The molecule has 0 radical (unpaired) electrons. The molecular formula is C14H12O5. The molecule has 0 aliphatic carbocycles. The summed E-state index contributed by atoms with van der Waals surface area (Å²) in [5.41, 5.74) is 0.743. The van der Waals surface area contributed by atoms with E-state index in [9.17, 15) is 14.4 Å². The quantitative estimate of drug-likeness (QED) is 0.350. The van der Waals surface area contributed by atoms with Gasteiger partial charge in [0.2, 0.25) is 0 Å². The Labute approximate surface area is 110 Å². The van der Waals surface area contributed by atoms with E-state index >= 15 is 0 Å². The molecule has 1 aromatic rings. The van der Waals surface area contributed by atoms with Crippen LogP contribution in [0.2, 0.25) is 0 Å². The third-order valence-corrected chi connectivity index (χ3v) is 2.10. The number of carbonyl (C=O) groups excluding carboxylic acids is 3. The van der Waals surface area contributed by atoms with Crippen molar-refractivity contribution in [1.29, 1.82) is 0 Å². The fraction of sp³-hybridized carbons (Fsp3) is 0.214. The second-order valence-corrected chi connectivity index (χ2v) is 3.37. The van der Waals surface area contributed by atoms with Crippen LogP contribution in [0.4, 0.5) is 0 Å². The predicted octanol–water partition coefficient (Wildman–Crippen LogP) is 0.957. The van der Waals surface area contributed by atoms with E-state index in [1.54, 1.807) is 6.92 Å². The van der Waals surface area contributed by atoms with Gasteiger partial charge in [0.25, 0.3) is 5.78 Å². The maximum atomic E-state index is 11.6. The zero-order chi connectivity index (χ0) is 14.3. The lowest BCUT2D eigenvalue weighted by atomic mass is 10.1. The van der Waals surface area contributed by atoms with Crippen molar-refractivity contribution in [1.82, 2.24) is 0 Å². The molecule has 0 saturated heterocycles. The van der Waals surface area contributed by atoms with Crippen molar-refractivity contribution in [2.75, 3.05) is 13.7 Å². The number of benzene rings is 1. The van der Waals surface area contributed by atoms with Gasteiger partial charge < -0.3 is 9.47 Å². The van der Waals surface area contributed by atoms with Gasteiger partial charge in [-0.2, -0.15) is 0 Å². The minimum absolute atomic E-state index is 0.146. The fourth-order valence-corrected chi connectivity index (χ4v) is 1.19. The van der Waals surface area contributed by atoms with Crippen molar-refractivity contribution in [3.63, 3.8) is 0 Å². The molecule has 0 N–H and O–H groups in total. The van der Waals surface area contributed by atoms with Crippen molar-refractivity contribution in [2.24, 2.45) is 0 Å². The second-order valence-electron chi connectivity index (χ2n) is 3.37. The van der Waals surface area contributed by atoms with Crippen molar-refractivity contribution < 1.29 is 23.9 Å². The predicted molar refractivity (Wildman–Crippen MR) is 66.3 cm³/mol. The van der Waals surface area contributed by atoms with Crippen LogP contribution in [0.3, 0.4) is 0 Å². The van der Waals surface area contributed by atoms with E-state index in [2.05, 4.69) is 21.3 Å². The summed E-state index contributed by atoms with van der Waals surface area (Å²) in [6.45, 7) is 1.77. The zero-order valence-electron chi connectivity index (χ0n) is 10.6. The van der Waals surface area contributed by atoms with Crippen molar-refractivity contribution in [3.05, 3.63) is 35.4 Å². The number of hydrogen-bond donors (Lipinski definition) is 0. The summed E-state index contributed by atoms with van der Waals surface area (Å²) in [4.78, 5) is 33.6. The van der Waals surface area contributed by atoms with E-state index in [0.717, 1.165) is 0 Å². The van der Waals surface area contributed by atoms with Gasteiger partial charge in [-0.05, 0) is 31.2 Å². The molecule has 1 aromatic carbocycles. The van der Waals surface area contributed by atoms with E-state index in [4.69, 9.17) is 0 Å². The molecule has 0 fully saturated rings. The Kier molecular flexibility index (Phi) is 5.30. The second kappa shape index (κ2) is 6.97. The minimum atomic E-state index is -0.893. The number of rotatable bonds is 3. The molecule has 98 valence electrons. The fourth-order valence-electron chi connectivity index (χ4n) is 1.19. The molecule has 19 heavy (non-hydrogen) atoms. The maximum absolute atomic E-state index is 11.6. The number of ketones is 1. The smallest absolute Gasteiger partial charge is 0.384 e. The largest absolute Gasteiger partial charge is 0.460 e. The first-order valence-corrected chi connectivity index (χ1v) is 5.50. The van der Waals surface area contributed by atoms with Gasteiger partial charge in [0.15, 0.2) is 0 Å². The van der Waals surface area contributed by atoms with E-state index < -0.39 is 17.7 Å². The molecule has 0 unspecified atom stereocenters. The molecule has 0 heterocycles. The first-order chi connectivity index (χ1) is 9.08. The highest BCUT2D eigenvalue weighted by molar-refractivity contribution is 6.40. The molecule has 0 aliphatic rings.